The van der Waals surface area contributed by atoms with Crippen molar-refractivity contribution in [1.82, 2.24) is 4.98 Å². The number of thiazole rings is 1. The Hall–Kier alpha value is -3.39. The van der Waals surface area contributed by atoms with Crippen LogP contribution in [-0.2, 0) is 0 Å². The topological polar surface area (TPSA) is 69.7 Å². The van der Waals surface area contributed by atoms with Gasteiger partial charge in [-0.2, -0.15) is 0 Å². The van der Waals surface area contributed by atoms with Gasteiger partial charge in [0, 0.05) is 16.5 Å². The lowest BCUT2D eigenvalue weighted by Gasteiger charge is -2.10. The minimum absolute atomic E-state index is 0.327. The van der Waals surface area contributed by atoms with Crippen LogP contribution in [0.4, 0.5) is 9.52 Å². The summed E-state index contributed by atoms with van der Waals surface area (Å²) in [6, 6.07) is 9.05. The molecule has 0 aliphatic heterocycles. The van der Waals surface area contributed by atoms with E-state index in [1.165, 1.54) is 43.8 Å². The predicted octanol–water partition coefficient (Wildman–Crippen LogP) is 4.78. The van der Waals surface area contributed by atoms with Crippen molar-refractivity contribution in [2.75, 3.05) is 26.1 Å². The molecule has 29 heavy (non-hydrogen) atoms. The lowest BCUT2D eigenvalue weighted by atomic mass is 10.1. The van der Waals surface area contributed by atoms with Crippen molar-refractivity contribution in [3.63, 3.8) is 0 Å². The minimum Gasteiger partial charge on any atom is -0.496 e. The zero-order chi connectivity index (χ0) is 20.8. The van der Waals surface area contributed by atoms with Gasteiger partial charge >= 0.3 is 0 Å². The molecule has 0 unspecified atom stereocenters. The molecule has 2 aromatic carbocycles. The SMILES string of the molecule is C=CCOc1ccc(C(=O)Nc2nc(-c3cc(F)ccc3OC)cs2)cc1OC. The highest BCUT2D eigenvalue weighted by Gasteiger charge is 2.15. The van der Waals surface area contributed by atoms with Crippen LogP contribution in [0.3, 0.4) is 0 Å². The van der Waals surface area contributed by atoms with E-state index in [2.05, 4.69) is 16.9 Å². The van der Waals surface area contributed by atoms with E-state index < -0.39 is 5.82 Å². The molecule has 1 N–H and O–H groups in total. The molecule has 0 atom stereocenters. The van der Waals surface area contributed by atoms with Gasteiger partial charge in [0.25, 0.3) is 5.91 Å². The Bertz CT molecular complexity index is 1040. The first-order valence-corrected chi connectivity index (χ1v) is 9.46. The lowest BCUT2D eigenvalue weighted by Crippen LogP contribution is -2.12. The van der Waals surface area contributed by atoms with Gasteiger partial charge in [0.15, 0.2) is 16.6 Å². The summed E-state index contributed by atoms with van der Waals surface area (Å²) in [5.41, 5.74) is 1.40. The normalized spacial score (nSPS) is 10.3. The maximum absolute atomic E-state index is 13.6. The van der Waals surface area contributed by atoms with Crippen LogP contribution in [0, 0.1) is 5.82 Å². The highest BCUT2D eigenvalue weighted by molar-refractivity contribution is 7.14. The molecule has 0 saturated heterocycles. The molecule has 0 aliphatic carbocycles. The van der Waals surface area contributed by atoms with Gasteiger partial charge in [0.1, 0.15) is 18.2 Å². The van der Waals surface area contributed by atoms with Crippen molar-refractivity contribution >= 4 is 22.4 Å². The minimum atomic E-state index is -0.398. The zero-order valence-electron chi connectivity index (χ0n) is 15.9. The van der Waals surface area contributed by atoms with Crippen LogP contribution >= 0.6 is 11.3 Å². The molecule has 1 heterocycles. The maximum Gasteiger partial charge on any atom is 0.257 e. The molecule has 0 fully saturated rings. The number of carbonyl (C=O) groups is 1. The molecule has 1 amide bonds. The smallest absolute Gasteiger partial charge is 0.257 e. The highest BCUT2D eigenvalue weighted by Crippen LogP contribution is 2.33. The first kappa shape index (κ1) is 20.3. The first-order chi connectivity index (χ1) is 14.0. The van der Waals surface area contributed by atoms with Gasteiger partial charge in [-0.25, -0.2) is 9.37 Å². The number of nitrogens with zero attached hydrogens (tertiary/aromatic N) is 1. The van der Waals surface area contributed by atoms with Gasteiger partial charge in [-0.3, -0.25) is 10.1 Å². The summed E-state index contributed by atoms with van der Waals surface area (Å²) >= 11 is 1.23. The number of amides is 1. The Morgan fingerprint density at radius 1 is 1.17 bits per heavy atom. The van der Waals surface area contributed by atoms with Gasteiger partial charge in [-0.15, -0.1) is 11.3 Å². The van der Waals surface area contributed by atoms with Crippen molar-refractivity contribution in [3.05, 3.63) is 65.8 Å². The molecule has 8 heteroatoms. The quantitative estimate of drug-likeness (QED) is 0.537. The first-order valence-electron chi connectivity index (χ1n) is 8.58. The fourth-order valence-electron chi connectivity index (χ4n) is 2.58. The molecule has 150 valence electrons. The molecular weight excluding hydrogens is 395 g/mol. The van der Waals surface area contributed by atoms with Gasteiger partial charge in [-0.1, -0.05) is 12.7 Å². The fraction of sp³-hybridized carbons (Fsp3) is 0.143. The van der Waals surface area contributed by atoms with Gasteiger partial charge in [0.2, 0.25) is 0 Å². The van der Waals surface area contributed by atoms with Crippen LogP contribution in [-0.4, -0.2) is 31.7 Å². The van der Waals surface area contributed by atoms with E-state index in [0.717, 1.165) is 0 Å². The molecule has 3 aromatic rings. The van der Waals surface area contributed by atoms with E-state index in [1.54, 1.807) is 29.7 Å². The summed E-state index contributed by atoms with van der Waals surface area (Å²) in [4.78, 5) is 17.0. The van der Waals surface area contributed by atoms with Crippen LogP contribution in [0.2, 0.25) is 0 Å². The van der Waals surface area contributed by atoms with Crippen molar-refractivity contribution in [2.24, 2.45) is 0 Å². The molecular formula is C21H19FN2O4S. The van der Waals surface area contributed by atoms with E-state index >= 15 is 0 Å². The number of hydrogen-bond acceptors (Lipinski definition) is 6. The zero-order valence-corrected chi connectivity index (χ0v) is 16.7. The molecule has 0 spiro atoms. The summed E-state index contributed by atoms with van der Waals surface area (Å²) < 4.78 is 29.6. The van der Waals surface area contributed by atoms with Crippen molar-refractivity contribution in [2.45, 2.75) is 0 Å². The largest absolute Gasteiger partial charge is 0.496 e. The number of carbonyl (C=O) groups excluding carboxylic acids is 1. The molecule has 3 rings (SSSR count). The third-order valence-electron chi connectivity index (χ3n) is 3.94. The van der Waals surface area contributed by atoms with Gasteiger partial charge < -0.3 is 14.2 Å². The second-order valence-corrected chi connectivity index (χ2v) is 6.66. The van der Waals surface area contributed by atoms with E-state index in [9.17, 15) is 9.18 Å². The van der Waals surface area contributed by atoms with Crippen LogP contribution in [0.5, 0.6) is 17.2 Å². The number of nitrogens with one attached hydrogen (secondary N) is 1. The Labute approximate surface area is 171 Å². The van der Waals surface area contributed by atoms with E-state index in [1.807, 2.05) is 0 Å². The number of anilines is 1. The Morgan fingerprint density at radius 2 is 1.93 bits per heavy atom. The van der Waals surface area contributed by atoms with Gasteiger partial charge in [-0.05, 0) is 36.4 Å². The number of aromatic nitrogens is 1. The number of hydrogen-bond donors (Lipinski definition) is 1. The standard InChI is InChI=1S/C21H19FN2O4S/c1-4-9-28-18-7-5-13(10-19(18)27-3)20(25)24-21-23-16(12-29-21)15-11-14(22)6-8-17(15)26-2/h4-8,10-12H,1,9H2,2-3H3,(H,23,24,25). The number of rotatable bonds is 8. The summed E-state index contributed by atoms with van der Waals surface area (Å²) in [7, 11) is 3.00. The van der Waals surface area contributed by atoms with Crippen molar-refractivity contribution < 1.29 is 23.4 Å². The fourth-order valence-corrected chi connectivity index (χ4v) is 3.29. The molecule has 0 bridgehead atoms. The average molecular weight is 414 g/mol. The Morgan fingerprint density at radius 3 is 2.66 bits per heavy atom. The lowest BCUT2D eigenvalue weighted by molar-refractivity contribution is 0.102. The molecule has 0 radical (unpaired) electrons. The summed E-state index contributed by atoms with van der Waals surface area (Å²) in [6.45, 7) is 3.93. The monoisotopic (exact) mass is 414 g/mol. The third-order valence-corrected chi connectivity index (χ3v) is 4.70. The van der Waals surface area contributed by atoms with E-state index in [-0.39, 0.29) is 5.91 Å². The number of methoxy groups -OCH3 is 2. The highest BCUT2D eigenvalue weighted by atomic mass is 32.1. The third kappa shape index (κ3) is 4.72. The molecule has 0 aliphatic rings. The van der Waals surface area contributed by atoms with Crippen molar-refractivity contribution in [1.29, 1.82) is 0 Å². The van der Waals surface area contributed by atoms with Crippen LogP contribution < -0.4 is 19.5 Å². The summed E-state index contributed by atoms with van der Waals surface area (Å²) in [6.07, 6.45) is 1.62. The second-order valence-electron chi connectivity index (χ2n) is 5.80. The average Bonchev–Trinajstić information content (AvgIpc) is 3.20. The van der Waals surface area contributed by atoms with Gasteiger partial charge in [0.05, 0.1) is 19.9 Å². The van der Waals surface area contributed by atoms with E-state index in [4.69, 9.17) is 14.2 Å². The molecule has 6 nitrogen and oxygen atoms in total. The van der Waals surface area contributed by atoms with Crippen LogP contribution in [0.25, 0.3) is 11.3 Å². The number of ether oxygens (including phenoxy) is 3. The second kappa shape index (κ2) is 9.20. The summed E-state index contributed by atoms with van der Waals surface area (Å²) in [5, 5.41) is 4.83. The van der Waals surface area contributed by atoms with Crippen LogP contribution in [0.15, 0.2) is 54.4 Å². The van der Waals surface area contributed by atoms with Crippen LogP contribution in [0.1, 0.15) is 10.4 Å². The Balaban J connectivity index is 1.79. The number of halogens is 1. The summed E-state index contributed by atoms with van der Waals surface area (Å²) in [5.74, 6) is 0.688. The predicted molar refractivity (Wildman–Crippen MR) is 111 cm³/mol. The maximum atomic E-state index is 13.6. The molecule has 0 saturated carbocycles. The number of benzene rings is 2. The van der Waals surface area contributed by atoms with Crippen molar-refractivity contribution in [3.8, 4) is 28.5 Å². The molecule has 1 aromatic heterocycles. The van der Waals surface area contributed by atoms with E-state index in [0.29, 0.717) is 45.8 Å². The Kier molecular flexibility index (Phi) is 6.46.